The summed E-state index contributed by atoms with van der Waals surface area (Å²) in [6.45, 7) is 0. The molecule has 14 nitrogen and oxygen atoms in total. The molecule has 0 aliphatic carbocycles. The lowest BCUT2D eigenvalue weighted by atomic mass is 10.0. The third kappa shape index (κ3) is 5.95. The highest BCUT2D eigenvalue weighted by atomic mass is 16.6. The van der Waals surface area contributed by atoms with E-state index in [9.17, 15) is 44.7 Å². The minimum Gasteiger partial charge on any atom is -0.479 e. The van der Waals surface area contributed by atoms with Gasteiger partial charge >= 0.3 is 17.9 Å². The summed E-state index contributed by atoms with van der Waals surface area (Å²) in [5.41, 5.74) is 0. The molecule has 0 spiro atoms. The lowest BCUT2D eigenvalue weighted by Gasteiger charge is -2.27. The molecule has 0 amide bonds. The van der Waals surface area contributed by atoms with E-state index < -0.39 is 66.7 Å². The summed E-state index contributed by atoms with van der Waals surface area (Å²) < 4.78 is 4.13. The fourth-order valence-corrected chi connectivity index (χ4v) is 1.58. The number of esters is 1. The van der Waals surface area contributed by atoms with Crippen LogP contribution in [0.25, 0.3) is 0 Å². The number of carbonyl (C=O) groups is 4. The number of aliphatic hydroxyl groups excluding tert-OH is 7. The fraction of sp³-hybridized carbons (Fsp3) is 0.667. The predicted octanol–water partition coefficient (Wildman–Crippen LogP) is -6.21. The van der Waals surface area contributed by atoms with Crippen LogP contribution in [0.2, 0.25) is 0 Å². The highest BCUT2D eigenvalue weighted by Gasteiger charge is 2.43. The Morgan fingerprint density at radius 1 is 0.692 bits per heavy atom. The van der Waals surface area contributed by atoms with E-state index in [1.165, 1.54) is 0 Å². The van der Waals surface area contributed by atoms with E-state index in [0.717, 1.165) is 0 Å². The molecule has 0 aromatic rings. The summed E-state index contributed by atoms with van der Waals surface area (Å²) in [6.07, 6.45) is -20.6. The number of hydrogen-bond acceptors (Lipinski definition) is 12. The van der Waals surface area contributed by atoms with Crippen molar-refractivity contribution in [3.63, 3.8) is 0 Å². The maximum absolute atomic E-state index is 11.6. The van der Waals surface area contributed by atoms with Crippen molar-refractivity contribution in [1.82, 2.24) is 0 Å². The summed E-state index contributed by atoms with van der Waals surface area (Å²) in [5.74, 6) is -6.13. The maximum Gasteiger partial charge on any atom is 0.347 e. The Morgan fingerprint density at radius 3 is 1.54 bits per heavy atom. The molecule has 0 aliphatic rings. The normalized spacial score (nSPS) is 20.6. The minimum absolute atomic E-state index is 0.237. The molecular formula is C12H18O14. The SMILES string of the molecule is O=C[C@H](O)[C@@H](O)[C@H](O)[C@H](O)C(=O)O[C@@H](C(=O)O)[C@@H](O)[C@@H](O)[C@H](O)C(=O)O. The number of aldehydes is 1. The van der Waals surface area contributed by atoms with Crippen LogP contribution in [0.3, 0.4) is 0 Å². The van der Waals surface area contributed by atoms with E-state index in [-0.39, 0.29) is 6.29 Å². The van der Waals surface area contributed by atoms with Crippen molar-refractivity contribution in [3.8, 4) is 0 Å². The van der Waals surface area contributed by atoms with Gasteiger partial charge in [-0.2, -0.15) is 0 Å². The molecule has 0 unspecified atom stereocenters. The molecule has 0 heterocycles. The first-order chi connectivity index (χ1) is 11.9. The van der Waals surface area contributed by atoms with Gasteiger partial charge in [0.05, 0.1) is 0 Å². The first-order valence-electron chi connectivity index (χ1n) is 6.74. The van der Waals surface area contributed by atoms with Crippen molar-refractivity contribution < 1.29 is 69.9 Å². The standard InChI is InChI=1S/C12H18O14/c13-1-2(14)3(15)4(16)8(20)12(25)26-9(11(23)24)6(18)5(17)7(19)10(21)22/h1-9,14-20H,(H,21,22)(H,23,24)/t2-,3+,4-,5+,6-,7-,8-,9+/m0/s1. The molecule has 9 N–H and O–H groups in total. The lowest BCUT2D eigenvalue weighted by Crippen LogP contribution is -2.54. The molecular weight excluding hydrogens is 368 g/mol. The van der Waals surface area contributed by atoms with Gasteiger partial charge in [-0.15, -0.1) is 0 Å². The maximum atomic E-state index is 11.6. The van der Waals surface area contributed by atoms with E-state index in [4.69, 9.17) is 20.4 Å². The zero-order valence-corrected chi connectivity index (χ0v) is 12.8. The van der Waals surface area contributed by atoms with E-state index in [1.807, 2.05) is 0 Å². The van der Waals surface area contributed by atoms with Gasteiger partial charge in [-0.1, -0.05) is 0 Å². The largest absolute Gasteiger partial charge is 0.479 e. The van der Waals surface area contributed by atoms with Crippen LogP contribution in [0, 0.1) is 0 Å². The Labute approximate surface area is 144 Å². The molecule has 0 aromatic carbocycles. The molecule has 8 atom stereocenters. The Hall–Kier alpha value is -2.20. The first kappa shape index (κ1) is 23.8. The number of aliphatic carboxylic acids is 2. The van der Waals surface area contributed by atoms with Crippen molar-refractivity contribution >= 4 is 24.2 Å². The van der Waals surface area contributed by atoms with E-state index >= 15 is 0 Å². The second kappa shape index (κ2) is 10.1. The Morgan fingerprint density at radius 2 is 1.15 bits per heavy atom. The van der Waals surface area contributed by atoms with Gasteiger partial charge in [0.1, 0.15) is 30.5 Å². The number of ether oxygens (including phenoxy) is 1. The van der Waals surface area contributed by atoms with Gasteiger partial charge in [0, 0.05) is 0 Å². The molecule has 0 rings (SSSR count). The third-order valence-electron chi connectivity index (χ3n) is 3.13. The Balaban J connectivity index is 5.21. The topological polar surface area (TPSA) is 260 Å². The number of aliphatic hydroxyl groups is 7. The van der Waals surface area contributed by atoms with Crippen LogP contribution in [0.15, 0.2) is 0 Å². The molecule has 0 aromatic heterocycles. The summed E-state index contributed by atoms with van der Waals surface area (Å²) in [6, 6.07) is 0. The number of carboxylic acids is 2. The summed E-state index contributed by atoms with van der Waals surface area (Å²) >= 11 is 0. The van der Waals surface area contributed by atoms with Crippen molar-refractivity contribution in [2.75, 3.05) is 0 Å². The quantitative estimate of drug-likeness (QED) is 0.118. The van der Waals surface area contributed by atoms with Gasteiger partial charge < -0.3 is 55.5 Å². The Kier molecular flexibility index (Phi) is 9.22. The molecule has 0 saturated carbocycles. The van der Waals surface area contributed by atoms with E-state index in [2.05, 4.69) is 4.74 Å². The van der Waals surface area contributed by atoms with Crippen LogP contribution in [0.4, 0.5) is 0 Å². The molecule has 0 bridgehead atoms. The van der Waals surface area contributed by atoms with Crippen LogP contribution in [0.5, 0.6) is 0 Å². The van der Waals surface area contributed by atoms with E-state index in [0.29, 0.717) is 0 Å². The molecule has 0 aliphatic heterocycles. The van der Waals surface area contributed by atoms with Gasteiger partial charge in [-0.3, -0.25) is 0 Å². The molecule has 0 radical (unpaired) electrons. The first-order valence-corrected chi connectivity index (χ1v) is 6.74. The number of rotatable bonds is 11. The predicted molar refractivity (Wildman–Crippen MR) is 73.3 cm³/mol. The summed E-state index contributed by atoms with van der Waals surface area (Å²) in [4.78, 5) is 43.4. The average molecular weight is 386 g/mol. The van der Waals surface area contributed by atoms with Crippen LogP contribution in [-0.4, -0.2) is 119 Å². The van der Waals surface area contributed by atoms with Gasteiger partial charge in [-0.25, -0.2) is 14.4 Å². The zero-order chi connectivity index (χ0) is 20.8. The highest BCUT2D eigenvalue weighted by molar-refractivity contribution is 5.81. The van der Waals surface area contributed by atoms with Gasteiger partial charge in [0.25, 0.3) is 0 Å². The van der Waals surface area contributed by atoms with E-state index in [1.54, 1.807) is 0 Å². The third-order valence-corrected chi connectivity index (χ3v) is 3.13. The van der Waals surface area contributed by atoms with Crippen LogP contribution in [-0.2, 0) is 23.9 Å². The molecule has 0 fully saturated rings. The van der Waals surface area contributed by atoms with Gasteiger partial charge in [0.2, 0.25) is 6.10 Å². The van der Waals surface area contributed by atoms with Crippen LogP contribution in [0.1, 0.15) is 0 Å². The van der Waals surface area contributed by atoms with Crippen molar-refractivity contribution in [2.24, 2.45) is 0 Å². The van der Waals surface area contributed by atoms with Gasteiger partial charge in [-0.05, 0) is 0 Å². The average Bonchev–Trinajstić information content (AvgIpc) is 2.60. The Bertz CT molecular complexity index is 520. The monoisotopic (exact) mass is 386 g/mol. The van der Waals surface area contributed by atoms with Crippen LogP contribution < -0.4 is 0 Å². The second-order valence-corrected chi connectivity index (χ2v) is 5.01. The molecule has 0 saturated heterocycles. The second-order valence-electron chi connectivity index (χ2n) is 5.01. The van der Waals surface area contributed by atoms with Crippen LogP contribution >= 0.6 is 0 Å². The van der Waals surface area contributed by atoms with Crippen molar-refractivity contribution in [2.45, 2.75) is 48.8 Å². The number of hydrogen-bond donors (Lipinski definition) is 9. The zero-order valence-electron chi connectivity index (χ0n) is 12.8. The minimum atomic E-state index is -2.70. The summed E-state index contributed by atoms with van der Waals surface area (Å²) in [7, 11) is 0. The smallest absolute Gasteiger partial charge is 0.347 e. The number of carbonyl (C=O) groups excluding carboxylic acids is 2. The molecule has 14 heteroatoms. The molecule has 26 heavy (non-hydrogen) atoms. The highest BCUT2D eigenvalue weighted by Crippen LogP contribution is 2.13. The fourth-order valence-electron chi connectivity index (χ4n) is 1.58. The lowest BCUT2D eigenvalue weighted by molar-refractivity contribution is -0.195. The molecule has 150 valence electrons. The summed E-state index contributed by atoms with van der Waals surface area (Å²) in [5, 5.41) is 82.5. The van der Waals surface area contributed by atoms with Gasteiger partial charge in [0.15, 0.2) is 18.5 Å². The van der Waals surface area contributed by atoms with Crippen molar-refractivity contribution in [3.05, 3.63) is 0 Å². The van der Waals surface area contributed by atoms with Crippen molar-refractivity contribution in [1.29, 1.82) is 0 Å². The number of carboxylic acid groups (broad SMARTS) is 2.